The van der Waals surface area contributed by atoms with Gasteiger partial charge in [-0.3, -0.25) is 4.90 Å². The zero-order valence-corrected chi connectivity index (χ0v) is 16.7. The van der Waals surface area contributed by atoms with Gasteiger partial charge in [-0.1, -0.05) is 25.1 Å². The molecule has 1 aliphatic carbocycles. The Morgan fingerprint density at radius 1 is 1.04 bits per heavy atom. The zero-order chi connectivity index (χ0) is 17.9. The second kappa shape index (κ2) is 8.06. The van der Waals surface area contributed by atoms with Gasteiger partial charge in [0.25, 0.3) is 0 Å². The summed E-state index contributed by atoms with van der Waals surface area (Å²) in [5.74, 6) is 1.27. The van der Waals surface area contributed by atoms with Gasteiger partial charge >= 0.3 is 0 Å². The molecule has 26 heavy (non-hydrogen) atoms. The molecule has 2 aromatic rings. The van der Waals surface area contributed by atoms with Crippen molar-refractivity contribution in [1.82, 2.24) is 4.90 Å². The van der Waals surface area contributed by atoms with E-state index in [1.165, 1.54) is 50.0 Å². The molecule has 0 bridgehead atoms. The van der Waals surface area contributed by atoms with Crippen LogP contribution >= 0.6 is 11.8 Å². The number of nitrogens with two attached hydrogens (primary N) is 1. The summed E-state index contributed by atoms with van der Waals surface area (Å²) in [5.41, 5.74) is 12.9. The number of nitrogens with zero attached hydrogens (tertiary/aromatic N) is 1. The van der Waals surface area contributed by atoms with E-state index in [2.05, 4.69) is 36.1 Å². The number of nitrogen functional groups attached to an aromatic ring is 1. The minimum absolute atomic E-state index is 0.695. The second-order valence-corrected chi connectivity index (χ2v) is 8.89. The Kier molecular flexibility index (Phi) is 5.56. The van der Waals surface area contributed by atoms with E-state index < -0.39 is 0 Å². The van der Waals surface area contributed by atoms with Crippen molar-refractivity contribution in [3.63, 3.8) is 0 Å². The number of hydrogen-bond acceptors (Lipinski definition) is 3. The topological polar surface area (TPSA) is 29.3 Å². The minimum Gasteiger partial charge on any atom is -0.399 e. The Hall–Kier alpha value is -1.45. The lowest BCUT2D eigenvalue weighted by Crippen LogP contribution is -2.41. The maximum absolute atomic E-state index is 5.82. The van der Waals surface area contributed by atoms with Crippen molar-refractivity contribution in [2.24, 2.45) is 0 Å². The fourth-order valence-corrected chi connectivity index (χ4v) is 5.57. The highest BCUT2D eigenvalue weighted by Crippen LogP contribution is 2.36. The lowest BCUT2D eigenvalue weighted by atomic mass is 9.86. The third-order valence-corrected chi connectivity index (χ3v) is 7.01. The van der Waals surface area contributed by atoms with Crippen molar-refractivity contribution in [2.45, 2.75) is 56.4 Å². The SMILES string of the molecule is CCCN(CCc1ccc(N)cc1)C1CCc2cc3c(cc2C1)SCC3. The third-order valence-electron chi connectivity index (χ3n) is 5.91. The van der Waals surface area contributed by atoms with Crippen molar-refractivity contribution < 1.29 is 0 Å². The van der Waals surface area contributed by atoms with E-state index in [4.69, 9.17) is 5.73 Å². The number of hydrogen-bond donors (Lipinski definition) is 1. The monoisotopic (exact) mass is 366 g/mol. The van der Waals surface area contributed by atoms with Gasteiger partial charge in [0.1, 0.15) is 0 Å². The Morgan fingerprint density at radius 2 is 1.88 bits per heavy atom. The van der Waals surface area contributed by atoms with Crippen LogP contribution in [0.4, 0.5) is 5.69 Å². The van der Waals surface area contributed by atoms with Crippen LogP contribution in [0.25, 0.3) is 0 Å². The summed E-state index contributed by atoms with van der Waals surface area (Å²) >= 11 is 2.05. The van der Waals surface area contributed by atoms with Gasteiger partial charge in [-0.05, 0) is 85.5 Å². The summed E-state index contributed by atoms with van der Waals surface area (Å²) in [6.07, 6.45) is 7.39. The molecule has 4 rings (SSSR count). The van der Waals surface area contributed by atoms with Crippen LogP contribution < -0.4 is 5.73 Å². The van der Waals surface area contributed by atoms with Crippen molar-refractivity contribution in [1.29, 1.82) is 0 Å². The molecule has 3 heteroatoms. The molecule has 0 spiro atoms. The van der Waals surface area contributed by atoms with Gasteiger partial charge in [-0.2, -0.15) is 0 Å². The van der Waals surface area contributed by atoms with E-state index in [1.54, 1.807) is 21.6 Å². The highest BCUT2D eigenvalue weighted by atomic mass is 32.2. The van der Waals surface area contributed by atoms with Crippen LogP contribution in [0, 0.1) is 0 Å². The lowest BCUT2D eigenvalue weighted by Gasteiger charge is -2.35. The molecule has 2 N–H and O–H groups in total. The molecule has 0 saturated heterocycles. The summed E-state index contributed by atoms with van der Waals surface area (Å²) in [6.45, 7) is 4.66. The molecule has 1 heterocycles. The van der Waals surface area contributed by atoms with Gasteiger partial charge in [-0.25, -0.2) is 0 Å². The van der Waals surface area contributed by atoms with Crippen LogP contribution in [-0.4, -0.2) is 29.8 Å². The van der Waals surface area contributed by atoms with E-state index in [1.807, 2.05) is 23.9 Å². The molecule has 1 atom stereocenters. The summed E-state index contributed by atoms with van der Waals surface area (Å²) in [6, 6.07) is 14.1. The van der Waals surface area contributed by atoms with E-state index in [0.717, 1.165) is 18.7 Å². The smallest absolute Gasteiger partial charge is 0.0314 e. The van der Waals surface area contributed by atoms with Crippen molar-refractivity contribution in [3.05, 3.63) is 58.7 Å². The maximum atomic E-state index is 5.82. The first kappa shape index (κ1) is 17.9. The number of aryl methyl sites for hydroxylation is 2. The molecule has 2 aliphatic rings. The van der Waals surface area contributed by atoms with E-state index in [9.17, 15) is 0 Å². The lowest BCUT2D eigenvalue weighted by molar-refractivity contribution is 0.181. The zero-order valence-electron chi connectivity index (χ0n) is 15.8. The average Bonchev–Trinajstić information content (AvgIpc) is 3.11. The molecule has 0 aromatic heterocycles. The van der Waals surface area contributed by atoms with Gasteiger partial charge in [-0.15, -0.1) is 11.8 Å². The van der Waals surface area contributed by atoms with Crippen LogP contribution in [-0.2, 0) is 25.7 Å². The van der Waals surface area contributed by atoms with E-state index in [-0.39, 0.29) is 0 Å². The Labute approximate surface area is 162 Å². The van der Waals surface area contributed by atoms with Crippen LogP contribution in [0.5, 0.6) is 0 Å². The molecule has 0 radical (unpaired) electrons. The first-order chi connectivity index (χ1) is 12.7. The van der Waals surface area contributed by atoms with Crippen LogP contribution in [0.1, 0.15) is 42.0 Å². The molecule has 1 unspecified atom stereocenters. The normalized spacial score (nSPS) is 18.8. The largest absolute Gasteiger partial charge is 0.399 e. The predicted octanol–water partition coefficient (Wildman–Crippen LogP) is 4.73. The standard InChI is InChI=1S/C23H30N2S/c1-2-11-25(12-9-17-3-6-21(24)7-4-17)22-8-5-18-14-19-10-13-26-23(19)16-20(18)15-22/h3-4,6-7,14,16,22H,2,5,8-13,15,24H2,1H3. The second-order valence-electron chi connectivity index (χ2n) is 7.75. The maximum Gasteiger partial charge on any atom is 0.0314 e. The Bertz CT molecular complexity index is 754. The van der Waals surface area contributed by atoms with Crippen molar-refractivity contribution >= 4 is 17.4 Å². The van der Waals surface area contributed by atoms with Crippen LogP contribution in [0.15, 0.2) is 41.3 Å². The Balaban J connectivity index is 1.44. The fraction of sp³-hybridized carbons (Fsp3) is 0.478. The number of benzene rings is 2. The van der Waals surface area contributed by atoms with Crippen LogP contribution in [0.3, 0.4) is 0 Å². The molecule has 2 nitrogen and oxygen atoms in total. The average molecular weight is 367 g/mol. The molecule has 0 amide bonds. The molecular formula is C23H30N2S. The summed E-state index contributed by atoms with van der Waals surface area (Å²) in [4.78, 5) is 4.29. The molecule has 138 valence electrons. The highest BCUT2D eigenvalue weighted by Gasteiger charge is 2.25. The van der Waals surface area contributed by atoms with Crippen LogP contribution in [0.2, 0.25) is 0 Å². The number of rotatable bonds is 6. The minimum atomic E-state index is 0.695. The van der Waals surface area contributed by atoms with Gasteiger partial charge < -0.3 is 5.73 Å². The highest BCUT2D eigenvalue weighted by molar-refractivity contribution is 7.99. The van der Waals surface area contributed by atoms with Gasteiger partial charge in [0, 0.05) is 28.9 Å². The quantitative estimate of drug-likeness (QED) is 0.750. The third kappa shape index (κ3) is 3.94. The van der Waals surface area contributed by atoms with E-state index in [0.29, 0.717) is 6.04 Å². The molecule has 0 fully saturated rings. The number of anilines is 1. The molecular weight excluding hydrogens is 336 g/mol. The summed E-state index contributed by atoms with van der Waals surface area (Å²) < 4.78 is 0. The van der Waals surface area contributed by atoms with E-state index >= 15 is 0 Å². The number of fused-ring (bicyclic) bond motifs is 2. The number of thioether (sulfide) groups is 1. The first-order valence-electron chi connectivity index (χ1n) is 10.1. The summed E-state index contributed by atoms with van der Waals surface area (Å²) in [5, 5.41) is 0. The van der Waals surface area contributed by atoms with Gasteiger partial charge in [0.2, 0.25) is 0 Å². The van der Waals surface area contributed by atoms with Crippen molar-refractivity contribution in [2.75, 3.05) is 24.6 Å². The molecule has 2 aromatic carbocycles. The Morgan fingerprint density at radius 3 is 2.69 bits per heavy atom. The summed E-state index contributed by atoms with van der Waals surface area (Å²) in [7, 11) is 0. The predicted molar refractivity (Wildman–Crippen MR) is 113 cm³/mol. The van der Waals surface area contributed by atoms with Crippen molar-refractivity contribution in [3.8, 4) is 0 Å². The van der Waals surface area contributed by atoms with Gasteiger partial charge in [0.05, 0.1) is 0 Å². The molecule has 0 saturated carbocycles. The van der Waals surface area contributed by atoms with Gasteiger partial charge in [0.15, 0.2) is 0 Å². The first-order valence-corrected chi connectivity index (χ1v) is 11.1. The fourth-order valence-electron chi connectivity index (χ4n) is 4.45. The molecule has 1 aliphatic heterocycles.